The Balaban J connectivity index is 1.96. The lowest BCUT2D eigenvalue weighted by Crippen LogP contribution is -2.25. The van der Waals surface area contributed by atoms with Gasteiger partial charge in [0.15, 0.2) is 0 Å². The third-order valence-corrected chi connectivity index (χ3v) is 6.26. The maximum absolute atomic E-state index is 13.0. The number of methoxy groups -OCH3 is 1. The highest BCUT2D eigenvalue weighted by atomic mass is 32.2. The van der Waals surface area contributed by atoms with Crippen molar-refractivity contribution in [3.8, 4) is 5.75 Å². The summed E-state index contributed by atoms with van der Waals surface area (Å²) in [5.41, 5.74) is 1.44. The third kappa shape index (κ3) is 4.25. The Labute approximate surface area is 175 Å². The number of benzene rings is 2. The molecule has 0 aromatic heterocycles. The molecule has 1 N–H and O–H groups in total. The van der Waals surface area contributed by atoms with Crippen molar-refractivity contribution in [1.29, 1.82) is 0 Å². The van der Waals surface area contributed by atoms with Crippen LogP contribution in [0.4, 0.5) is 11.4 Å². The number of rotatable bonds is 7. The van der Waals surface area contributed by atoms with E-state index in [4.69, 9.17) is 9.47 Å². The van der Waals surface area contributed by atoms with Crippen molar-refractivity contribution in [2.24, 2.45) is 0 Å². The quantitative estimate of drug-likeness (QED) is 0.675. The molecule has 0 saturated carbocycles. The Morgan fingerprint density at radius 1 is 1.23 bits per heavy atom. The average molecular weight is 432 g/mol. The molecule has 0 radical (unpaired) electrons. The van der Waals surface area contributed by atoms with E-state index in [1.165, 1.54) is 30.2 Å². The molecule has 0 spiro atoms. The number of carbonyl (C=O) groups excluding carboxylic acids is 2. The molecule has 30 heavy (non-hydrogen) atoms. The first-order chi connectivity index (χ1) is 14.3. The van der Waals surface area contributed by atoms with Crippen molar-refractivity contribution in [3.05, 3.63) is 47.5 Å². The van der Waals surface area contributed by atoms with Crippen LogP contribution < -0.4 is 14.4 Å². The zero-order chi connectivity index (χ0) is 21.9. The second kappa shape index (κ2) is 8.74. The molecule has 1 fully saturated rings. The lowest BCUT2D eigenvalue weighted by atomic mass is 10.1. The minimum Gasteiger partial charge on any atom is -0.495 e. The molecule has 1 saturated heterocycles. The predicted octanol–water partition coefficient (Wildman–Crippen LogP) is 3.11. The molecule has 0 atom stereocenters. The monoisotopic (exact) mass is 432 g/mol. The van der Waals surface area contributed by atoms with Gasteiger partial charge in [-0.15, -0.1) is 0 Å². The van der Waals surface area contributed by atoms with E-state index in [2.05, 4.69) is 4.72 Å². The molecule has 0 bridgehead atoms. The molecule has 1 aliphatic heterocycles. The van der Waals surface area contributed by atoms with E-state index >= 15 is 0 Å². The van der Waals surface area contributed by atoms with Gasteiger partial charge in [0, 0.05) is 13.0 Å². The summed E-state index contributed by atoms with van der Waals surface area (Å²) in [6.07, 6.45) is 1.12. The summed E-state index contributed by atoms with van der Waals surface area (Å²) in [7, 11) is -2.51. The minimum atomic E-state index is -3.98. The lowest BCUT2D eigenvalue weighted by molar-refractivity contribution is -0.117. The number of nitrogens with zero attached hydrogens (tertiary/aromatic N) is 1. The van der Waals surface area contributed by atoms with E-state index in [0.717, 1.165) is 0 Å². The standard InChI is InChI=1S/C21H24N2O6S/c1-4-29-21(25)16-7-5-8-17(14(16)2)22-30(26,27)15-10-11-19(28-3)18(13-15)23-12-6-9-20(23)24/h5,7-8,10-11,13,22H,4,6,9,12H2,1-3H3. The fraction of sp³-hybridized carbons (Fsp3) is 0.333. The van der Waals surface area contributed by atoms with Gasteiger partial charge >= 0.3 is 5.97 Å². The summed E-state index contributed by atoms with van der Waals surface area (Å²) in [5.74, 6) is -0.172. The first-order valence-corrected chi connectivity index (χ1v) is 11.0. The number of nitrogens with one attached hydrogen (secondary N) is 1. The Morgan fingerprint density at radius 2 is 2.00 bits per heavy atom. The highest BCUT2D eigenvalue weighted by Gasteiger charge is 2.27. The molecule has 160 valence electrons. The summed E-state index contributed by atoms with van der Waals surface area (Å²) in [6, 6.07) is 9.10. The lowest BCUT2D eigenvalue weighted by Gasteiger charge is -2.20. The van der Waals surface area contributed by atoms with Crippen molar-refractivity contribution < 1.29 is 27.5 Å². The van der Waals surface area contributed by atoms with Gasteiger partial charge < -0.3 is 14.4 Å². The van der Waals surface area contributed by atoms with Crippen LogP contribution in [0.2, 0.25) is 0 Å². The molecule has 1 aliphatic rings. The van der Waals surface area contributed by atoms with E-state index < -0.39 is 16.0 Å². The van der Waals surface area contributed by atoms with Crippen LogP contribution in [0.15, 0.2) is 41.3 Å². The molecule has 0 unspecified atom stereocenters. The fourth-order valence-corrected chi connectivity index (χ4v) is 4.47. The number of amides is 1. The van der Waals surface area contributed by atoms with Crippen molar-refractivity contribution in [2.45, 2.75) is 31.6 Å². The van der Waals surface area contributed by atoms with Gasteiger partial charge in [-0.2, -0.15) is 0 Å². The number of carbonyl (C=O) groups is 2. The maximum atomic E-state index is 13.0. The van der Waals surface area contributed by atoms with Gasteiger partial charge in [0.05, 0.1) is 35.6 Å². The van der Waals surface area contributed by atoms with Crippen molar-refractivity contribution in [1.82, 2.24) is 0 Å². The maximum Gasteiger partial charge on any atom is 0.338 e. The number of esters is 1. The Kier molecular flexibility index (Phi) is 6.31. The van der Waals surface area contributed by atoms with Crippen LogP contribution in [0.25, 0.3) is 0 Å². The zero-order valence-electron chi connectivity index (χ0n) is 17.1. The van der Waals surface area contributed by atoms with E-state index in [1.807, 2.05) is 0 Å². The van der Waals surface area contributed by atoms with E-state index in [1.54, 1.807) is 32.0 Å². The normalized spacial score (nSPS) is 14.0. The number of hydrogen-bond acceptors (Lipinski definition) is 6. The zero-order valence-corrected chi connectivity index (χ0v) is 17.9. The number of ether oxygens (including phenoxy) is 2. The fourth-order valence-electron chi connectivity index (χ4n) is 3.33. The highest BCUT2D eigenvalue weighted by Crippen LogP contribution is 2.34. The van der Waals surface area contributed by atoms with Crippen LogP contribution in [-0.2, 0) is 19.6 Å². The second-order valence-electron chi connectivity index (χ2n) is 6.79. The van der Waals surface area contributed by atoms with Crippen LogP contribution in [0.3, 0.4) is 0 Å². The minimum absolute atomic E-state index is 0.0149. The number of hydrogen-bond donors (Lipinski definition) is 1. The van der Waals surface area contributed by atoms with Crippen molar-refractivity contribution >= 4 is 33.3 Å². The van der Waals surface area contributed by atoms with Gasteiger partial charge in [0.2, 0.25) is 5.91 Å². The number of anilines is 2. The van der Waals surface area contributed by atoms with E-state index in [9.17, 15) is 18.0 Å². The Hall–Kier alpha value is -3.07. The number of sulfonamides is 1. The highest BCUT2D eigenvalue weighted by molar-refractivity contribution is 7.92. The van der Waals surface area contributed by atoms with Crippen LogP contribution >= 0.6 is 0 Å². The smallest absolute Gasteiger partial charge is 0.338 e. The average Bonchev–Trinajstić information content (AvgIpc) is 3.14. The van der Waals surface area contributed by atoms with Crippen LogP contribution in [0, 0.1) is 6.92 Å². The molecule has 1 amide bonds. The summed E-state index contributed by atoms with van der Waals surface area (Å²) >= 11 is 0. The van der Waals surface area contributed by atoms with E-state index in [0.29, 0.717) is 36.4 Å². The van der Waals surface area contributed by atoms with Crippen LogP contribution in [0.1, 0.15) is 35.7 Å². The Bertz CT molecular complexity index is 1080. The molecule has 0 aliphatic carbocycles. The summed E-state index contributed by atoms with van der Waals surface area (Å²) < 4.78 is 38.9. The van der Waals surface area contributed by atoms with Gasteiger partial charge in [0.1, 0.15) is 5.75 Å². The first-order valence-electron chi connectivity index (χ1n) is 9.56. The summed E-state index contributed by atoms with van der Waals surface area (Å²) in [5, 5.41) is 0. The largest absolute Gasteiger partial charge is 0.495 e. The van der Waals surface area contributed by atoms with Crippen LogP contribution in [-0.4, -0.2) is 40.6 Å². The van der Waals surface area contributed by atoms with Gasteiger partial charge in [0.25, 0.3) is 10.0 Å². The van der Waals surface area contributed by atoms with E-state index in [-0.39, 0.29) is 28.7 Å². The Morgan fingerprint density at radius 3 is 2.63 bits per heavy atom. The van der Waals surface area contributed by atoms with Gasteiger partial charge in [-0.25, -0.2) is 13.2 Å². The molecule has 9 heteroatoms. The molecule has 1 heterocycles. The molecule has 3 rings (SSSR count). The topological polar surface area (TPSA) is 102 Å². The second-order valence-corrected chi connectivity index (χ2v) is 8.47. The van der Waals surface area contributed by atoms with Crippen molar-refractivity contribution in [3.63, 3.8) is 0 Å². The van der Waals surface area contributed by atoms with Crippen LogP contribution in [0.5, 0.6) is 5.75 Å². The third-order valence-electron chi connectivity index (χ3n) is 4.90. The molecule has 8 nitrogen and oxygen atoms in total. The molecule has 2 aromatic rings. The predicted molar refractivity (Wildman–Crippen MR) is 113 cm³/mol. The van der Waals surface area contributed by atoms with Gasteiger partial charge in [-0.1, -0.05) is 6.07 Å². The first kappa shape index (κ1) is 21.6. The SMILES string of the molecule is CCOC(=O)c1cccc(NS(=O)(=O)c2ccc(OC)c(N3CCCC3=O)c2)c1C. The molecule has 2 aromatic carbocycles. The van der Waals surface area contributed by atoms with Gasteiger partial charge in [-0.05, 0) is 56.2 Å². The summed E-state index contributed by atoms with van der Waals surface area (Å²) in [4.78, 5) is 25.8. The van der Waals surface area contributed by atoms with Gasteiger partial charge in [-0.3, -0.25) is 9.52 Å². The molecular formula is C21H24N2O6S. The molecular weight excluding hydrogens is 408 g/mol. The van der Waals surface area contributed by atoms with Crippen molar-refractivity contribution in [2.75, 3.05) is 29.9 Å². The summed E-state index contributed by atoms with van der Waals surface area (Å²) in [6.45, 7) is 4.07.